The molecule has 3 aromatic rings. The van der Waals surface area contributed by atoms with E-state index in [0.717, 1.165) is 16.7 Å². The van der Waals surface area contributed by atoms with Gasteiger partial charge in [-0.15, -0.1) is 0 Å². The number of aromatic nitrogens is 1. The molecule has 0 aliphatic carbocycles. The number of pyridine rings is 1. The largest absolute Gasteiger partial charge is 0.508 e. The molecule has 0 spiro atoms. The number of nitrogen functional groups attached to an aromatic ring is 1. The highest BCUT2D eigenvalue weighted by molar-refractivity contribution is 7.90. The normalized spacial score (nSPS) is 11.7. The van der Waals surface area contributed by atoms with Crippen molar-refractivity contribution in [1.29, 1.82) is 0 Å². The average molecular weight is 380 g/mol. The van der Waals surface area contributed by atoms with Crippen LogP contribution in [0.15, 0.2) is 65.7 Å². The highest BCUT2D eigenvalue weighted by Gasteiger charge is 2.15. The van der Waals surface area contributed by atoms with Crippen molar-refractivity contribution >= 4 is 27.7 Å². The maximum atomic E-state index is 12.5. The number of anilines is 1. The fourth-order valence-corrected chi connectivity index (χ4v) is 3.89. The first-order chi connectivity index (χ1) is 12.8. The number of nitrogens with zero attached hydrogens (tertiary/aromatic N) is 1. The van der Waals surface area contributed by atoms with Crippen LogP contribution in [0.5, 0.6) is 5.75 Å². The maximum Gasteiger partial charge on any atom is 0.184 e. The van der Waals surface area contributed by atoms with E-state index in [1.807, 2.05) is 12.2 Å². The number of sulfone groups is 1. The van der Waals surface area contributed by atoms with E-state index in [-0.39, 0.29) is 16.4 Å². The third kappa shape index (κ3) is 4.54. The monoisotopic (exact) mass is 380 g/mol. The van der Waals surface area contributed by atoms with Gasteiger partial charge in [-0.1, -0.05) is 30.4 Å². The highest BCUT2D eigenvalue weighted by atomic mass is 32.2. The lowest BCUT2D eigenvalue weighted by Gasteiger charge is -2.06. The molecule has 1 aromatic heterocycles. The molecule has 0 fully saturated rings. The Labute approximate surface area is 158 Å². The second-order valence-electron chi connectivity index (χ2n) is 6.25. The van der Waals surface area contributed by atoms with Crippen molar-refractivity contribution in [3.8, 4) is 5.75 Å². The summed E-state index contributed by atoms with van der Waals surface area (Å²) in [5, 5.41) is 9.66. The summed E-state index contributed by atoms with van der Waals surface area (Å²) in [5.74, 6) is 0.0268. The first-order valence-electron chi connectivity index (χ1n) is 8.35. The summed E-state index contributed by atoms with van der Waals surface area (Å²) in [5.41, 5.74) is 9.27. The molecule has 0 saturated heterocycles. The van der Waals surface area contributed by atoms with Crippen LogP contribution in [0.4, 0.5) is 5.69 Å². The van der Waals surface area contributed by atoms with Crippen LogP contribution in [0.1, 0.15) is 22.4 Å². The van der Waals surface area contributed by atoms with Crippen molar-refractivity contribution in [3.05, 3.63) is 83.2 Å². The molecule has 2 aromatic carbocycles. The van der Waals surface area contributed by atoms with Gasteiger partial charge in [-0.05, 0) is 53.9 Å². The van der Waals surface area contributed by atoms with Crippen molar-refractivity contribution in [2.45, 2.75) is 17.6 Å². The Morgan fingerprint density at radius 2 is 1.81 bits per heavy atom. The third-order valence-corrected chi connectivity index (χ3v) is 5.83. The number of benzene rings is 2. The zero-order chi connectivity index (χ0) is 19.4. The van der Waals surface area contributed by atoms with E-state index in [2.05, 4.69) is 4.98 Å². The molecule has 138 valence electrons. The van der Waals surface area contributed by atoms with Crippen LogP contribution in [0, 0.1) is 6.92 Å². The molecular weight excluding hydrogens is 360 g/mol. The number of hydrogen-bond donors (Lipinski definition) is 2. The molecule has 3 N–H and O–H groups in total. The van der Waals surface area contributed by atoms with Crippen LogP contribution in [-0.4, -0.2) is 18.5 Å². The standard InChI is InChI=1S/C21H20N2O3S/c1-15-12-17(20(22)13-21(15)24)8-5-16-6-9-19(10-7-16)27(25,26)14-18-4-2-3-11-23-18/h2-13,24H,14,22H2,1H3/b8-5+. The maximum absolute atomic E-state index is 12.5. The molecule has 0 atom stereocenters. The van der Waals surface area contributed by atoms with E-state index < -0.39 is 9.84 Å². The van der Waals surface area contributed by atoms with Crippen LogP contribution in [0.3, 0.4) is 0 Å². The summed E-state index contributed by atoms with van der Waals surface area (Å²) in [6.07, 6.45) is 5.26. The Morgan fingerprint density at radius 1 is 1.07 bits per heavy atom. The summed E-state index contributed by atoms with van der Waals surface area (Å²) >= 11 is 0. The van der Waals surface area contributed by atoms with Crippen molar-refractivity contribution in [3.63, 3.8) is 0 Å². The number of phenols is 1. The molecule has 0 aliphatic heterocycles. The summed E-state index contributed by atoms with van der Waals surface area (Å²) in [4.78, 5) is 4.33. The summed E-state index contributed by atoms with van der Waals surface area (Å²) in [6.45, 7) is 1.80. The van der Waals surface area contributed by atoms with Gasteiger partial charge in [0.25, 0.3) is 0 Å². The first-order valence-corrected chi connectivity index (χ1v) is 10.0. The number of phenolic OH excluding ortho intramolecular Hbond substituents is 1. The SMILES string of the molecule is Cc1cc(/C=C/c2ccc(S(=O)(=O)Cc3ccccn3)cc2)c(N)cc1O. The lowest BCUT2D eigenvalue weighted by Crippen LogP contribution is -2.06. The van der Waals surface area contributed by atoms with Crippen molar-refractivity contribution in [2.75, 3.05) is 5.73 Å². The zero-order valence-electron chi connectivity index (χ0n) is 14.8. The molecule has 0 radical (unpaired) electrons. The second-order valence-corrected chi connectivity index (χ2v) is 8.24. The van der Waals surface area contributed by atoms with Crippen molar-refractivity contribution in [2.24, 2.45) is 0 Å². The summed E-state index contributed by atoms with van der Waals surface area (Å²) in [7, 11) is -3.45. The third-order valence-electron chi connectivity index (χ3n) is 4.16. The lowest BCUT2D eigenvalue weighted by molar-refractivity contribution is 0.471. The minimum absolute atomic E-state index is 0.133. The van der Waals surface area contributed by atoms with E-state index in [1.54, 1.807) is 61.7 Å². The number of hydrogen-bond acceptors (Lipinski definition) is 5. The van der Waals surface area contributed by atoms with Gasteiger partial charge in [0.05, 0.1) is 16.3 Å². The molecule has 0 amide bonds. The van der Waals surface area contributed by atoms with Gasteiger partial charge in [-0.2, -0.15) is 0 Å². The predicted octanol–water partition coefficient (Wildman–Crippen LogP) is 3.82. The highest BCUT2D eigenvalue weighted by Crippen LogP contribution is 2.25. The van der Waals surface area contributed by atoms with Gasteiger partial charge < -0.3 is 10.8 Å². The fourth-order valence-electron chi connectivity index (χ4n) is 2.61. The Hall–Kier alpha value is -3.12. The van der Waals surface area contributed by atoms with Gasteiger partial charge in [0.15, 0.2) is 9.84 Å². The first kappa shape index (κ1) is 18.7. The molecule has 0 unspecified atom stereocenters. The molecule has 0 saturated carbocycles. The number of rotatable bonds is 5. The molecular formula is C21H20N2O3S. The van der Waals surface area contributed by atoms with Gasteiger partial charge in [-0.25, -0.2) is 8.42 Å². The number of aromatic hydroxyl groups is 1. The second kappa shape index (κ2) is 7.63. The smallest absolute Gasteiger partial charge is 0.184 e. The molecule has 6 heteroatoms. The van der Waals surface area contributed by atoms with Gasteiger partial charge >= 0.3 is 0 Å². The van der Waals surface area contributed by atoms with Crippen LogP contribution in [0.2, 0.25) is 0 Å². The van der Waals surface area contributed by atoms with Crippen molar-refractivity contribution < 1.29 is 13.5 Å². The van der Waals surface area contributed by atoms with Gasteiger partial charge in [0, 0.05) is 18.0 Å². The molecule has 5 nitrogen and oxygen atoms in total. The molecule has 0 aliphatic rings. The fraction of sp³-hybridized carbons (Fsp3) is 0.0952. The van der Waals surface area contributed by atoms with Crippen LogP contribution in [-0.2, 0) is 15.6 Å². The Balaban J connectivity index is 1.78. The zero-order valence-corrected chi connectivity index (χ0v) is 15.6. The van der Waals surface area contributed by atoms with E-state index in [4.69, 9.17) is 5.73 Å². The number of aryl methyl sites for hydroxylation is 1. The Morgan fingerprint density at radius 3 is 2.48 bits per heavy atom. The minimum atomic E-state index is -3.45. The Kier molecular flexibility index (Phi) is 5.28. The molecule has 3 rings (SSSR count). The number of nitrogens with two attached hydrogens (primary N) is 1. The quantitative estimate of drug-likeness (QED) is 0.518. The van der Waals surface area contributed by atoms with Crippen LogP contribution >= 0.6 is 0 Å². The molecule has 0 bridgehead atoms. The molecule has 1 heterocycles. The van der Waals surface area contributed by atoms with E-state index in [9.17, 15) is 13.5 Å². The average Bonchev–Trinajstić information content (AvgIpc) is 2.64. The van der Waals surface area contributed by atoms with E-state index in [0.29, 0.717) is 11.4 Å². The summed E-state index contributed by atoms with van der Waals surface area (Å²) in [6, 6.07) is 15.2. The van der Waals surface area contributed by atoms with Gasteiger partial charge in [0.2, 0.25) is 0 Å². The van der Waals surface area contributed by atoms with Crippen LogP contribution < -0.4 is 5.73 Å². The Bertz CT molecular complexity index is 1070. The lowest BCUT2D eigenvalue weighted by atomic mass is 10.1. The van der Waals surface area contributed by atoms with Crippen LogP contribution in [0.25, 0.3) is 12.2 Å². The van der Waals surface area contributed by atoms with E-state index >= 15 is 0 Å². The topological polar surface area (TPSA) is 93.3 Å². The van der Waals surface area contributed by atoms with Crippen molar-refractivity contribution in [1.82, 2.24) is 4.98 Å². The van der Waals surface area contributed by atoms with Gasteiger partial charge in [-0.3, -0.25) is 4.98 Å². The molecule has 27 heavy (non-hydrogen) atoms. The van der Waals surface area contributed by atoms with Gasteiger partial charge in [0.1, 0.15) is 5.75 Å². The minimum Gasteiger partial charge on any atom is -0.508 e. The summed E-state index contributed by atoms with van der Waals surface area (Å²) < 4.78 is 25.0. The predicted molar refractivity (Wildman–Crippen MR) is 108 cm³/mol. The van der Waals surface area contributed by atoms with E-state index in [1.165, 1.54) is 6.07 Å².